The van der Waals surface area contributed by atoms with Crippen LogP contribution in [0.1, 0.15) is 19.3 Å². The van der Waals surface area contributed by atoms with Gasteiger partial charge in [-0.25, -0.2) is 0 Å². The van der Waals surface area contributed by atoms with Crippen molar-refractivity contribution in [3.8, 4) is 0 Å². The van der Waals surface area contributed by atoms with Gasteiger partial charge in [-0.3, -0.25) is 0 Å². The van der Waals surface area contributed by atoms with Gasteiger partial charge in [0.05, 0.1) is 0 Å². The first-order valence-electron chi connectivity index (χ1n) is 5.28. The standard InChI is InChI=1S/C13H16/c1-3-5-9-13-10-7-6-8-11(13)12(10,13)4-2/h3-5,9-11H,1-2,6-8H2/b9-5+. The summed E-state index contributed by atoms with van der Waals surface area (Å²) in [6, 6.07) is 0. The zero-order chi connectivity index (χ0) is 9.10. The molecule has 0 N–H and O–H groups in total. The maximum atomic E-state index is 4.01. The topological polar surface area (TPSA) is 0 Å². The fraction of sp³-hybridized carbons (Fsp3) is 0.538. The van der Waals surface area contributed by atoms with Crippen LogP contribution >= 0.6 is 0 Å². The zero-order valence-electron chi connectivity index (χ0n) is 8.00. The van der Waals surface area contributed by atoms with E-state index in [2.05, 4.69) is 31.4 Å². The molecule has 0 nitrogen and oxygen atoms in total. The lowest BCUT2D eigenvalue weighted by Gasteiger charge is -2.25. The van der Waals surface area contributed by atoms with Crippen LogP contribution in [0.25, 0.3) is 0 Å². The van der Waals surface area contributed by atoms with Crippen LogP contribution < -0.4 is 0 Å². The van der Waals surface area contributed by atoms with Gasteiger partial charge < -0.3 is 0 Å². The smallest absolute Gasteiger partial charge is 0.00555 e. The van der Waals surface area contributed by atoms with Gasteiger partial charge in [0.15, 0.2) is 0 Å². The van der Waals surface area contributed by atoms with Crippen LogP contribution in [-0.4, -0.2) is 0 Å². The van der Waals surface area contributed by atoms with E-state index in [0.29, 0.717) is 10.8 Å². The van der Waals surface area contributed by atoms with E-state index in [1.165, 1.54) is 19.3 Å². The van der Waals surface area contributed by atoms with Crippen LogP contribution in [-0.2, 0) is 0 Å². The number of allylic oxidation sites excluding steroid dienone is 4. The Labute approximate surface area is 80.0 Å². The molecule has 68 valence electrons. The Kier molecular flexibility index (Phi) is 1.17. The molecule has 0 heterocycles. The van der Waals surface area contributed by atoms with E-state index in [4.69, 9.17) is 0 Å². The normalized spacial score (nSPS) is 55.7. The lowest BCUT2D eigenvalue weighted by molar-refractivity contribution is 0.274. The molecule has 3 rings (SSSR count). The van der Waals surface area contributed by atoms with Gasteiger partial charge in [0.2, 0.25) is 0 Å². The molecule has 3 aliphatic carbocycles. The van der Waals surface area contributed by atoms with Crippen LogP contribution in [0.4, 0.5) is 0 Å². The molecule has 2 unspecified atom stereocenters. The third-order valence-corrected chi connectivity index (χ3v) is 4.72. The van der Waals surface area contributed by atoms with Crippen LogP contribution in [0, 0.1) is 22.7 Å². The maximum absolute atomic E-state index is 4.01. The Morgan fingerprint density at radius 3 is 2.23 bits per heavy atom. The molecule has 0 spiro atoms. The van der Waals surface area contributed by atoms with Gasteiger partial charge in [0.1, 0.15) is 0 Å². The molecular formula is C13H16. The summed E-state index contributed by atoms with van der Waals surface area (Å²) < 4.78 is 0. The van der Waals surface area contributed by atoms with Gasteiger partial charge in [-0.1, -0.05) is 37.3 Å². The molecule has 0 aromatic carbocycles. The highest BCUT2D eigenvalue weighted by atomic mass is 15.0. The van der Waals surface area contributed by atoms with E-state index < -0.39 is 0 Å². The highest BCUT2D eigenvalue weighted by Crippen LogP contribution is 2.98. The predicted molar refractivity (Wildman–Crippen MR) is 55.2 cm³/mol. The Morgan fingerprint density at radius 2 is 1.77 bits per heavy atom. The molecule has 3 aliphatic rings. The van der Waals surface area contributed by atoms with Crippen molar-refractivity contribution >= 4 is 0 Å². The fourth-order valence-corrected chi connectivity index (χ4v) is 4.24. The molecule has 3 saturated carbocycles. The first kappa shape index (κ1) is 7.61. The Bertz CT molecular complexity index is 296. The number of rotatable bonds is 3. The van der Waals surface area contributed by atoms with Gasteiger partial charge in [0.25, 0.3) is 0 Å². The summed E-state index contributed by atoms with van der Waals surface area (Å²) in [5.74, 6) is 1.87. The summed E-state index contributed by atoms with van der Waals surface area (Å²) in [6.07, 6.45) is 12.9. The maximum Gasteiger partial charge on any atom is 0.00555 e. The second-order valence-electron chi connectivity index (χ2n) is 4.70. The quantitative estimate of drug-likeness (QED) is 0.452. The first-order valence-corrected chi connectivity index (χ1v) is 5.28. The average molecular weight is 172 g/mol. The van der Waals surface area contributed by atoms with E-state index in [0.717, 1.165) is 11.8 Å². The Balaban J connectivity index is 1.92. The lowest BCUT2D eigenvalue weighted by atomic mass is 9.79. The third kappa shape index (κ3) is 0.535. The molecule has 0 heteroatoms. The highest BCUT2D eigenvalue weighted by Gasteiger charge is 2.94. The summed E-state index contributed by atoms with van der Waals surface area (Å²) >= 11 is 0. The second kappa shape index (κ2) is 2.00. The molecule has 0 aromatic heterocycles. The molecule has 0 radical (unpaired) electrons. The zero-order valence-corrected chi connectivity index (χ0v) is 8.00. The van der Waals surface area contributed by atoms with Crippen LogP contribution in [0.2, 0.25) is 0 Å². The lowest BCUT2D eigenvalue weighted by Crippen LogP contribution is -2.17. The minimum Gasteiger partial charge on any atom is -0.102 e. The van der Waals surface area contributed by atoms with Crippen molar-refractivity contribution in [2.45, 2.75) is 19.3 Å². The van der Waals surface area contributed by atoms with E-state index in [1.54, 1.807) is 0 Å². The number of hydrogen-bond acceptors (Lipinski definition) is 0. The molecule has 0 bridgehead atoms. The van der Waals surface area contributed by atoms with Crippen molar-refractivity contribution in [3.63, 3.8) is 0 Å². The van der Waals surface area contributed by atoms with Crippen molar-refractivity contribution in [1.82, 2.24) is 0 Å². The molecule has 0 aromatic rings. The summed E-state index contributed by atoms with van der Waals surface area (Å²) in [5.41, 5.74) is 1.10. The molecular weight excluding hydrogens is 156 g/mol. The van der Waals surface area contributed by atoms with Crippen molar-refractivity contribution in [3.05, 3.63) is 37.5 Å². The van der Waals surface area contributed by atoms with Crippen LogP contribution in [0.3, 0.4) is 0 Å². The van der Waals surface area contributed by atoms with Crippen molar-refractivity contribution < 1.29 is 0 Å². The summed E-state index contributed by atoms with van der Waals surface area (Å²) in [6.45, 7) is 7.75. The summed E-state index contributed by atoms with van der Waals surface area (Å²) in [7, 11) is 0. The van der Waals surface area contributed by atoms with Gasteiger partial charge in [-0.2, -0.15) is 0 Å². The van der Waals surface area contributed by atoms with Gasteiger partial charge in [-0.15, -0.1) is 6.58 Å². The Hall–Kier alpha value is -0.780. The van der Waals surface area contributed by atoms with Crippen LogP contribution in [0.5, 0.6) is 0 Å². The van der Waals surface area contributed by atoms with Gasteiger partial charge >= 0.3 is 0 Å². The summed E-state index contributed by atoms with van der Waals surface area (Å²) in [4.78, 5) is 0. The molecule has 13 heavy (non-hydrogen) atoms. The first-order chi connectivity index (χ1) is 6.34. The van der Waals surface area contributed by atoms with Gasteiger partial charge in [0, 0.05) is 10.8 Å². The SMILES string of the molecule is C=C/C=C/C12C3CCCC1C32C=C. The summed E-state index contributed by atoms with van der Waals surface area (Å²) in [5, 5.41) is 0. The minimum atomic E-state index is 0.546. The van der Waals surface area contributed by atoms with Crippen molar-refractivity contribution in [2.75, 3.05) is 0 Å². The molecule has 3 fully saturated rings. The molecule has 0 aliphatic heterocycles. The van der Waals surface area contributed by atoms with Crippen molar-refractivity contribution in [1.29, 1.82) is 0 Å². The van der Waals surface area contributed by atoms with Crippen molar-refractivity contribution in [2.24, 2.45) is 22.7 Å². The molecule has 2 atom stereocenters. The highest BCUT2D eigenvalue weighted by molar-refractivity contribution is 5.53. The number of hydrogen-bond donors (Lipinski definition) is 0. The van der Waals surface area contributed by atoms with E-state index in [-0.39, 0.29) is 0 Å². The van der Waals surface area contributed by atoms with Crippen LogP contribution in [0.15, 0.2) is 37.5 Å². The largest absolute Gasteiger partial charge is 0.102 e. The molecule has 0 saturated heterocycles. The average Bonchev–Trinajstić information content (AvgIpc) is 3.01. The third-order valence-electron chi connectivity index (χ3n) is 4.72. The molecule has 0 amide bonds. The fourth-order valence-electron chi connectivity index (χ4n) is 4.24. The predicted octanol–water partition coefficient (Wildman–Crippen LogP) is 3.33. The van der Waals surface area contributed by atoms with Gasteiger partial charge in [-0.05, 0) is 24.7 Å². The monoisotopic (exact) mass is 172 g/mol. The minimum absolute atomic E-state index is 0.546. The van der Waals surface area contributed by atoms with E-state index in [1.807, 2.05) is 6.08 Å². The Morgan fingerprint density at radius 1 is 1.08 bits per heavy atom. The van der Waals surface area contributed by atoms with E-state index in [9.17, 15) is 0 Å². The number of fused-ring (bicyclic) bond motifs is 2. The van der Waals surface area contributed by atoms with E-state index >= 15 is 0 Å². The second-order valence-corrected chi connectivity index (χ2v) is 4.70.